The Balaban J connectivity index is 3.09. The normalized spacial score (nSPS) is 11.1. The van der Waals surface area contributed by atoms with Gasteiger partial charge in [0.15, 0.2) is 0 Å². The van der Waals surface area contributed by atoms with Crippen LogP contribution in [0.1, 0.15) is 25.0 Å². The van der Waals surface area contributed by atoms with Crippen LogP contribution in [0.2, 0.25) is 0 Å². The number of rotatable bonds is 2. The summed E-state index contributed by atoms with van der Waals surface area (Å²) < 4.78 is 0.845. The van der Waals surface area contributed by atoms with Gasteiger partial charge in [0.2, 0.25) is 0 Å². The average Bonchev–Trinajstić information content (AvgIpc) is 2.02. The molecule has 1 N–H and O–H groups in total. The van der Waals surface area contributed by atoms with Gasteiger partial charge in [0, 0.05) is 4.47 Å². The van der Waals surface area contributed by atoms with Gasteiger partial charge >= 0.3 is 0 Å². The molecule has 0 aliphatic rings. The van der Waals surface area contributed by atoms with Crippen LogP contribution in [0.15, 0.2) is 22.7 Å². The summed E-state index contributed by atoms with van der Waals surface area (Å²) in [7, 11) is 0. The molecule has 0 aliphatic carbocycles. The minimum Gasteiger partial charge on any atom is -0.386 e. The molecule has 0 saturated heterocycles. The maximum absolute atomic E-state index is 9.80. The summed E-state index contributed by atoms with van der Waals surface area (Å²) in [5, 5.41) is 18.3. The van der Waals surface area contributed by atoms with Gasteiger partial charge in [-0.25, -0.2) is 0 Å². The van der Waals surface area contributed by atoms with Crippen molar-refractivity contribution in [2.75, 3.05) is 0 Å². The number of nitrogens with zero attached hydrogens (tertiary/aromatic N) is 1. The fourth-order valence-corrected chi connectivity index (χ4v) is 2.17. The van der Waals surface area contributed by atoms with E-state index in [0.29, 0.717) is 6.42 Å². The van der Waals surface area contributed by atoms with Gasteiger partial charge in [-0.1, -0.05) is 28.1 Å². The second-order valence-corrected chi connectivity index (χ2v) is 4.56. The lowest BCUT2D eigenvalue weighted by Gasteiger charge is -2.19. The number of aliphatic hydroxyl groups is 1. The van der Waals surface area contributed by atoms with Gasteiger partial charge in [-0.15, -0.1) is 0 Å². The third-order valence-electron chi connectivity index (χ3n) is 1.98. The molecule has 74 valence electrons. The van der Waals surface area contributed by atoms with E-state index < -0.39 is 5.60 Å². The lowest BCUT2D eigenvalue weighted by atomic mass is 9.97. The molecule has 0 atom stereocenters. The number of hydrogen-bond donors (Lipinski definition) is 1. The third kappa shape index (κ3) is 2.57. The highest BCUT2D eigenvalue weighted by Crippen LogP contribution is 2.28. The standard InChI is InChI=1S/C11H12BrNO/c1-11(2,14)9-4-3-8(5-6-13)7-10(9)12/h3-4,7,14H,5H2,1-2H3. The van der Waals surface area contributed by atoms with Crippen LogP contribution in [-0.2, 0) is 12.0 Å². The minimum absolute atomic E-state index is 0.394. The molecule has 2 nitrogen and oxygen atoms in total. The zero-order valence-corrected chi connectivity index (χ0v) is 9.80. The Bertz CT molecular complexity index is 374. The predicted octanol–water partition coefficient (Wildman–Crippen LogP) is 2.74. The van der Waals surface area contributed by atoms with E-state index in [-0.39, 0.29) is 0 Å². The van der Waals surface area contributed by atoms with Crippen LogP contribution in [0.4, 0.5) is 0 Å². The second-order valence-electron chi connectivity index (χ2n) is 3.71. The van der Waals surface area contributed by atoms with E-state index in [1.807, 2.05) is 18.2 Å². The molecule has 1 rings (SSSR count). The maximum atomic E-state index is 9.80. The molecule has 14 heavy (non-hydrogen) atoms. The van der Waals surface area contributed by atoms with Crippen molar-refractivity contribution in [1.29, 1.82) is 5.26 Å². The molecule has 0 heterocycles. The summed E-state index contributed by atoms with van der Waals surface area (Å²) in [4.78, 5) is 0. The lowest BCUT2D eigenvalue weighted by molar-refractivity contribution is 0.0778. The van der Waals surface area contributed by atoms with Crippen molar-refractivity contribution in [3.63, 3.8) is 0 Å². The van der Waals surface area contributed by atoms with Gasteiger partial charge in [0.1, 0.15) is 0 Å². The fraction of sp³-hybridized carbons (Fsp3) is 0.364. The first-order valence-electron chi connectivity index (χ1n) is 4.33. The Kier molecular flexibility index (Phi) is 3.30. The molecule has 0 unspecified atom stereocenters. The molecule has 0 spiro atoms. The first-order chi connectivity index (χ1) is 6.45. The Morgan fingerprint density at radius 2 is 2.14 bits per heavy atom. The Hall–Kier alpha value is -0.850. The summed E-state index contributed by atoms with van der Waals surface area (Å²) in [5.74, 6) is 0. The molecule has 0 radical (unpaired) electrons. The summed E-state index contributed by atoms with van der Waals surface area (Å²) in [6.07, 6.45) is 0.394. The summed E-state index contributed by atoms with van der Waals surface area (Å²) in [5.41, 5.74) is 0.927. The Morgan fingerprint density at radius 1 is 1.50 bits per heavy atom. The van der Waals surface area contributed by atoms with Crippen molar-refractivity contribution in [3.8, 4) is 6.07 Å². The van der Waals surface area contributed by atoms with E-state index in [9.17, 15) is 5.11 Å². The van der Waals surface area contributed by atoms with Crippen LogP contribution in [0, 0.1) is 11.3 Å². The molecule has 0 amide bonds. The van der Waals surface area contributed by atoms with Crippen molar-refractivity contribution < 1.29 is 5.11 Å². The first-order valence-corrected chi connectivity index (χ1v) is 5.12. The molecule has 0 bridgehead atoms. The largest absolute Gasteiger partial charge is 0.386 e. The van der Waals surface area contributed by atoms with Gasteiger partial charge in [-0.3, -0.25) is 0 Å². The summed E-state index contributed by atoms with van der Waals surface area (Å²) in [6, 6.07) is 7.66. The number of nitriles is 1. The van der Waals surface area contributed by atoms with E-state index in [1.165, 1.54) is 0 Å². The van der Waals surface area contributed by atoms with Gasteiger partial charge in [-0.05, 0) is 31.0 Å². The number of halogens is 1. The van der Waals surface area contributed by atoms with E-state index in [0.717, 1.165) is 15.6 Å². The van der Waals surface area contributed by atoms with Crippen molar-refractivity contribution in [2.45, 2.75) is 25.9 Å². The maximum Gasteiger partial charge on any atom is 0.0851 e. The third-order valence-corrected chi connectivity index (χ3v) is 2.63. The zero-order chi connectivity index (χ0) is 10.8. The number of benzene rings is 1. The first kappa shape index (κ1) is 11.2. The predicted molar refractivity (Wildman–Crippen MR) is 58.7 cm³/mol. The smallest absolute Gasteiger partial charge is 0.0851 e. The Labute approximate surface area is 92.3 Å². The van der Waals surface area contributed by atoms with E-state index in [2.05, 4.69) is 22.0 Å². The highest BCUT2D eigenvalue weighted by Gasteiger charge is 2.18. The van der Waals surface area contributed by atoms with Crippen molar-refractivity contribution in [2.24, 2.45) is 0 Å². The van der Waals surface area contributed by atoms with Crippen molar-refractivity contribution in [1.82, 2.24) is 0 Å². The van der Waals surface area contributed by atoms with Crippen LogP contribution < -0.4 is 0 Å². The van der Waals surface area contributed by atoms with Crippen molar-refractivity contribution >= 4 is 15.9 Å². The fourth-order valence-electron chi connectivity index (χ4n) is 1.26. The zero-order valence-electron chi connectivity index (χ0n) is 8.21. The van der Waals surface area contributed by atoms with Crippen molar-refractivity contribution in [3.05, 3.63) is 33.8 Å². The monoisotopic (exact) mass is 253 g/mol. The molecular formula is C11H12BrNO. The van der Waals surface area contributed by atoms with E-state index in [1.54, 1.807) is 13.8 Å². The van der Waals surface area contributed by atoms with Crippen LogP contribution in [0.3, 0.4) is 0 Å². The summed E-state index contributed by atoms with van der Waals surface area (Å²) >= 11 is 3.38. The van der Waals surface area contributed by atoms with Crippen LogP contribution >= 0.6 is 15.9 Å². The van der Waals surface area contributed by atoms with Gasteiger partial charge in [0.25, 0.3) is 0 Å². The van der Waals surface area contributed by atoms with E-state index in [4.69, 9.17) is 5.26 Å². The van der Waals surface area contributed by atoms with Gasteiger partial charge in [-0.2, -0.15) is 5.26 Å². The molecule has 0 fully saturated rings. The quantitative estimate of drug-likeness (QED) is 0.881. The SMILES string of the molecule is CC(C)(O)c1ccc(CC#N)cc1Br. The molecular weight excluding hydrogens is 242 g/mol. The lowest BCUT2D eigenvalue weighted by Crippen LogP contribution is -2.16. The van der Waals surface area contributed by atoms with Crippen LogP contribution in [-0.4, -0.2) is 5.11 Å². The number of hydrogen-bond acceptors (Lipinski definition) is 2. The molecule has 1 aromatic rings. The topological polar surface area (TPSA) is 44.0 Å². The summed E-state index contributed by atoms with van der Waals surface area (Å²) in [6.45, 7) is 3.47. The van der Waals surface area contributed by atoms with E-state index >= 15 is 0 Å². The Morgan fingerprint density at radius 3 is 2.57 bits per heavy atom. The van der Waals surface area contributed by atoms with Crippen LogP contribution in [0.25, 0.3) is 0 Å². The molecule has 0 aliphatic heterocycles. The highest BCUT2D eigenvalue weighted by atomic mass is 79.9. The molecule has 1 aromatic carbocycles. The molecule has 0 saturated carbocycles. The highest BCUT2D eigenvalue weighted by molar-refractivity contribution is 9.10. The molecule has 0 aromatic heterocycles. The second kappa shape index (κ2) is 4.12. The molecule has 3 heteroatoms. The average molecular weight is 254 g/mol. The van der Waals surface area contributed by atoms with Crippen LogP contribution in [0.5, 0.6) is 0 Å². The van der Waals surface area contributed by atoms with Gasteiger partial charge in [0.05, 0.1) is 18.1 Å². The van der Waals surface area contributed by atoms with Gasteiger partial charge < -0.3 is 5.11 Å². The minimum atomic E-state index is -0.857.